The van der Waals surface area contributed by atoms with Gasteiger partial charge in [-0.25, -0.2) is 9.78 Å². The van der Waals surface area contributed by atoms with Crippen molar-refractivity contribution in [1.82, 2.24) is 4.98 Å². The smallest absolute Gasteiger partial charge is 0.419 e. The molecule has 0 aliphatic carbocycles. The van der Waals surface area contributed by atoms with Crippen LogP contribution >= 0.6 is 11.6 Å². The number of rotatable bonds is 3. The zero-order valence-electron chi connectivity index (χ0n) is 8.52. The summed E-state index contributed by atoms with van der Waals surface area (Å²) >= 11 is 5.24. The third kappa shape index (κ3) is 3.09. The molecule has 1 rings (SSSR count). The average molecular weight is 286 g/mol. The van der Waals surface area contributed by atoms with Crippen LogP contribution in [0.3, 0.4) is 0 Å². The summed E-state index contributed by atoms with van der Waals surface area (Å²) in [5.41, 5.74) is -1.82. The molecule has 2 atom stereocenters. The third-order valence-corrected chi connectivity index (χ3v) is 2.36. The van der Waals surface area contributed by atoms with Gasteiger partial charge in [0.15, 0.2) is 6.10 Å². The Kier molecular flexibility index (Phi) is 4.15. The zero-order valence-corrected chi connectivity index (χ0v) is 9.27. The average Bonchev–Trinajstić information content (AvgIpc) is 2.26. The molecule has 0 aliphatic rings. The summed E-state index contributed by atoms with van der Waals surface area (Å²) in [4.78, 5) is 13.6. The van der Waals surface area contributed by atoms with E-state index < -0.39 is 40.6 Å². The summed E-state index contributed by atoms with van der Waals surface area (Å²) in [5.74, 6) is -1.77. The van der Waals surface area contributed by atoms with Gasteiger partial charge < -0.3 is 15.3 Å². The summed E-state index contributed by atoms with van der Waals surface area (Å²) in [6.07, 6.45) is -8.33. The molecule has 100 valence electrons. The molecule has 0 saturated carbocycles. The molecule has 0 aliphatic heterocycles. The molecule has 3 N–H and O–H groups in total. The van der Waals surface area contributed by atoms with Crippen molar-refractivity contribution < 1.29 is 33.3 Å². The summed E-state index contributed by atoms with van der Waals surface area (Å²) in [6.45, 7) is 0. The van der Waals surface area contributed by atoms with Crippen LogP contribution < -0.4 is 0 Å². The maximum atomic E-state index is 12.5. The summed E-state index contributed by atoms with van der Waals surface area (Å²) in [6, 6.07) is 0.437. The Hall–Kier alpha value is -1.38. The first-order valence-corrected chi connectivity index (χ1v) is 4.84. The van der Waals surface area contributed by atoms with Crippen molar-refractivity contribution in [3.05, 3.63) is 28.5 Å². The number of carbonyl (C=O) groups is 1. The number of aliphatic hydroxyl groups excluding tert-OH is 2. The minimum atomic E-state index is -4.80. The highest BCUT2D eigenvalue weighted by molar-refractivity contribution is 6.30. The number of halogens is 4. The molecular formula is C9H7ClF3NO4. The number of aliphatic carboxylic acids is 1. The molecule has 0 bridgehead atoms. The van der Waals surface area contributed by atoms with Gasteiger partial charge in [0.2, 0.25) is 0 Å². The normalized spacial score (nSPS) is 15.2. The summed E-state index contributed by atoms with van der Waals surface area (Å²) in [5, 5.41) is 26.0. The lowest BCUT2D eigenvalue weighted by molar-refractivity contribution is -0.153. The molecule has 0 aromatic carbocycles. The minimum Gasteiger partial charge on any atom is -0.479 e. The molecule has 18 heavy (non-hydrogen) atoms. The van der Waals surface area contributed by atoms with Crippen LogP contribution in [0.25, 0.3) is 0 Å². The molecule has 0 spiro atoms. The van der Waals surface area contributed by atoms with Gasteiger partial charge in [-0.05, 0) is 6.07 Å². The van der Waals surface area contributed by atoms with E-state index in [4.69, 9.17) is 21.8 Å². The lowest BCUT2D eigenvalue weighted by atomic mass is 10.0. The highest BCUT2D eigenvalue weighted by Gasteiger charge is 2.35. The Morgan fingerprint density at radius 2 is 1.94 bits per heavy atom. The van der Waals surface area contributed by atoms with Crippen LogP contribution in [-0.2, 0) is 11.0 Å². The number of hydrogen-bond acceptors (Lipinski definition) is 4. The van der Waals surface area contributed by atoms with E-state index in [-0.39, 0.29) is 0 Å². The van der Waals surface area contributed by atoms with Crippen LogP contribution in [-0.4, -0.2) is 32.4 Å². The van der Waals surface area contributed by atoms with Crippen molar-refractivity contribution in [3.63, 3.8) is 0 Å². The lowest BCUT2D eigenvalue weighted by Gasteiger charge is -2.16. The van der Waals surface area contributed by atoms with Gasteiger partial charge in [0.25, 0.3) is 0 Å². The Morgan fingerprint density at radius 1 is 1.39 bits per heavy atom. The predicted molar refractivity (Wildman–Crippen MR) is 52.9 cm³/mol. The van der Waals surface area contributed by atoms with Crippen molar-refractivity contribution in [2.45, 2.75) is 18.4 Å². The maximum absolute atomic E-state index is 12.5. The van der Waals surface area contributed by atoms with Crippen molar-refractivity contribution >= 4 is 17.6 Å². The molecule has 2 unspecified atom stereocenters. The standard InChI is InChI=1S/C9H7ClF3NO4/c10-7-4(9(11,12)13)1-3(2-14-7)5(15)6(16)8(17)18/h1-2,5-6,15-16H,(H,17,18). The molecule has 0 radical (unpaired) electrons. The fourth-order valence-corrected chi connectivity index (χ4v) is 1.35. The first-order chi connectivity index (χ1) is 8.14. The van der Waals surface area contributed by atoms with Crippen molar-refractivity contribution in [1.29, 1.82) is 0 Å². The summed E-state index contributed by atoms with van der Waals surface area (Å²) in [7, 11) is 0. The number of aromatic nitrogens is 1. The van der Waals surface area contributed by atoms with Crippen LogP contribution in [0.15, 0.2) is 12.3 Å². The molecule has 1 aromatic rings. The number of alkyl halides is 3. The topological polar surface area (TPSA) is 90.7 Å². The molecular weight excluding hydrogens is 279 g/mol. The van der Waals surface area contributed by atoms with Crippen LogP contribution in [0.2, 0.25) is 5.15 Å². The van der Waals surface area contributed by atoms with Crippen molar-refractivity contribution in [2.75, 3.05) is 0 Å². The highest BCUT2D eigenvalue weighted by Crippen LogP contribution is 2.35. The van der Waals surface area contributed by atoms with Crippen molar-refractivity contribution in [3.8, 4) is 0 Å². The largest absolute Gasteiger partial charge is 0.479 e. The quantitative estimate of drug-likeness (QED) is 0.727. The number of carboxylic acids is 1. The molecule has 0 saturated heterocycles. The second-order valence-corrected chi connectivity index (χ2v) is 3.69. The highest BCUT2D eigenvalue weighted by atomic mass is 35.5. The number of pyridine rings is 1. The monoisotopic (exact) mass is 285 g/mol. The Balaban J connectivity index is 3.17. The Bertz CT molecular complexity index is 466. The summed E-state index contributed by atoms with van der Waals surface area (Å²) < 4.78 is 37.4. The van der Waals surface area contributed by atoms with Crippen LogP contribution in [0.1, 0.15) is 17.2 Å². The maximum Gasteiger partial charge on any atom is 0.419 e. The molecule has 5 nitrogen and oxygen atoms in total. The molecule has 9 heteroatoms. The van der Waals surface area contributed by atoms with Gasteiger partial charge in [-0.1, -0.05) is 11.6 Å². The van der Waals surface area contributed by atoms with Crippen molar-refractivity contribution in [2.24, 2.45) is 0 Å². The van der Waals surface area contributed by atoms with Gasteiger partial charge in [0.1, 0.15) is 11.3 Å². The number of hydrogen-bond donors (Lipinski definition) is 3. The molecule has 1 aromatic heterocycles. The van der Waals surface area contributed by atoms with Gasteiger partial charge >= 0.3 is 12.1 Å². The minimum absolute atomic E-state index is 0.437. The predicted octanol–water partition coefficient (Wildman–Crippen LogP) is 1.23. The lowest BCUT2D eigenvalue weighted by Crippen LogP contribution is -2.27. The third-order valence-electron chi connectivity index (χ3n) is 2.06. The Labute approximate surface area is 103 Å². The van der Waals surface area contributed by atoms with E-state index in [1.54, 1.807) is 0 Å². The van der Waals surface area contributed by atoms with E-state index in [9.17, 15) is 23.1 Å². The van der Waals surface area contributed by atoms with Gasteiger partial charge in [-0.2, -0.15) is 13.2 Å². The van der Waals surface area contributed by atoms with Crippen LogP contribution in [0, 0.1) is 0 Å². The molecule has 0 amide bonds. The Morgan fingerprint density at radius 3 is 2.39 bits per heavy atom. The van der Waals surface area contributed by atoms with Gasteiger partial charge in [-0.15, -0.1) is 0 Å². The SMILES string of the molecule is O=C(O)C(O)C(O)c1cnc(Cl)c(C(F)(F)F)c1. The van der Waals surface area contributed by atoms with E-state index in [1.807, 2.05) is 0 Å². The molecule has 1 heterocycles. The van der Waals surface area contributed by atoms with E-state index in [2.05, 4.69) is 4.98 Å². The van der Waals surface area contributed by atoms with E-state index >= 15 is 0 Å². The molecule has 0 fully saturated rings. The fraction of sp³-hybridized carbons (Fsp3) is 0.333. The fourth-order valence-electron chi connectivity index (χ4n) is 1.14. The van der Waals surface area contributed by atoms with Gasteiger partial charge in [0.05, 0.1) is 5.56 Å². The second-order valence-electron chi connectivity index (χ2n) is 3.33. The van der Waals surface area contributed by atoms with Gasteiger partial charge in [0, 0.05) is 11.8 Å². The van der Waals surface area contributed by atoms with Gasteiger partial charge in [-0.3, -0.25) is 0 Å². The second kappa shape index (κ2) is 5.09. The van der Waals surface area contributed by atoms with E-state index in [0.29, 0.717) is 6.07 Å². The van der Waals surface area contributed by atoms with E-state index in [1.165, 1.54) is 0 Å². The van der Waals surface area contributed by atoms with Crippen LogP contribution in [0.4, 0.5) is 13.2 Å². The zero-order chi connectivity index (χ0) is 14.1. The number of carboxylic acid groups (broad SMARTS) is 1. The number of nitrogens with zero attached hydrogens (tertiary/aromatic N) is 1. The first kappa shape index (κ1) is 14.7. The van der Waals surface area contributed by atoms with Crippen LogP contribution in [0.5, 0.6) is 0 Å². The van der Waals surface area contributed by atoms with E-state index in [0.717, 1.165) is 6.20 Å². The first-order valence-electron chi connectivity index (χ1n) is 4.46. The number of aliphatic hydroxyl groups is 2.